The zero-order chi connectivity index (χ0) is 26.2. The van der Waals surface area contributed by atoms with Gasteiger partial charge in [-0.3, -0.25) is 4.79 Å². The number of nitrogens with one attached hydrogen (secondary N) is 1. The number of ether oxygens (including phenoxy) is 1. The van der Waals surface area contributed by atoms with Crippen LogP contribution in [-0.2, 0) is 23.8 Å². The maximum atomic E-state index is 13.4. The summed E-state index contributed by atoms with van der Waals surface area (Å²) in [6.07, 6.45) is -0.967. The van der Waals surface area contributed by atoms with E-state index in [1.165, 1.54) is 39.5 Å². The van der Waals surface area contributed by atoms with Crippen molar-refractivity contribution in [2.45, 2.75) is 38.8 Å². The van der Waals surface area contributed by atoms with Gasteiger partial charge in [-0.15, -0.1) is 22.7 Å². The molecular weight excluding hydrogens is 523 g/mol. The number of halogens is 3. The van der Waals surface area contributed by atoms with Crippen molar-refractivity contribution in [3.05, 3.63) is 75.1 Å². The number of carbonyl (C=O) groups excluding carboxylic acids is 2. The van der Waals surface area contributed by atoms with Crippen LogP contribution in [0.3, 0.4) is 0 Å². The molecule has 5 rings (SSSR count). The Balaban J connectivity index is 1.43. The van der Waals surface area contributed by atoms with Crippen LogP contribution in [-0.4, -0.2) is 28.3 Å². The Morgan fingerprint density at radius 3 is 2.57 bits per heavy atom. The molecule has 0 atom stereocenters. The van der Waals surface area contributed by atoms with E-state index in [-0.39, 0.29) is 6.61 Å². The number of alkyl halides is 3. The van der Waals surface area contributed by atoms with Crippen LogP contribution in [0.1, 0.15) is 56.6 Å². The Kier molecular flexibility index (Phi) is 6.91. The summed E-state index contributed by atoms with van der Waals surface area (Å²) in [5.74, 6) is -0.876. The predicted octanol–water partition coefficient (Wildman–Crippen LogP) is 6.99. The van der Waals surface area contributed by atoms with Gasteiger partial charge >= 0.3 is 12.1 Å². The lowest BCUT2D eigenvalue weighted by Gasteiger charge is -2.12. The average Bonchev–Trinajstić information content (AvgIpc) is 3.61. The average molecular weight is 546 g/mol. The number of aryl methyl sites for hydroxylation is 1. The van der Waals surface area contributed by atoms with Gasteiger partial charge in [0.25, 0.3) is 5.91 Å². The second-order valence-electron chi connectivity index (χ2n) is 8.44. The highest BCUT2D eigenvalue weighted by molar-refractivity contribution is 7.17. The highest BCUT2D eigenvalue weighted by Gasteiger charge is 2.35. The van der Waals surface area contributed by atoms with Crippen LogP contribution in [0.5, 0.6) is 0 Å². The highest BCUT2D eigenvalue weighted by Crippen LogP contribution is 2.39. The van der Waals surface area contributed by atoms with E-state index < -0.39 is 23.7 Å². The van der Waals surface area contributed by atoms with Crippen LogP contribution in [0.15, 0.2) is 47.8 Å². The maximum absolute atomic E-state index is 13.4. The van der Waals surface area contributed by atoms with Crippen LogP contribution >= 0.6 is 22.7 Å². The third-order valence-electron chi connectivity index (χ3n) is 6.03. The normalized spacial score (nSPS) is 13.3. The molecule has 4 aromatic rings. The minimum Gasteiger partial charge on any atom is -0.462 e. The lowest BCUT2D eigenvalue weighted by atomic mass is 9.95. The third-order valence-corrected chi connectivity index (χ3v) is 8.13. The van der Waals surface area contributed by atoms with E-state index >= 15 is 0 Å². The minimum absolute atomic E-state index is 0.231. The van der Waals surface area contributed by atoms with Crippen LogP contribution in [0.4, 0.5) is 18.2 Å². The van der Waals surface area contributed by atoms with Gasteiger partial charge in [0, 0.05) is 10.4 Å². The quantitative estimate of drug-likeness (QED) is 0.265. The van der Waals surface area contributed by atoms with Gasteiger partial charge in [-0.2, -0.15) is 18.3 Å². The topological polar surface area (TPSA) is 73.2 Å². The Morgan fingerprint density at radius 1 is 1.14 bits per heavy atom. The first kappa shape index (κ1) is 25.2. The van der Waals surface area contributed by atoms with Crippen LogP contribution in [0, 0.1) is 0 Å². The van der Waals surface area contributed by atoms with Crippen molar-refractivity contribution in [2.75, 3.05) is 11.9 Å². The fourth-order valence-corrected chi connectivity index (χ4v) is 6.32. The van der Waals surface area contributed by atoms with Crippen molar-refractivity contribution in [3.8, 4) is 16.3 Å². The van der Waals surface area contributed by atoms with E-state index in [1.54, 1.807) is 36.6 Å². The molecule has 192 valence electrons. The molecule has 1 aliphatic rings. The second kappa shape index (κ2) is 10.1. The number of nitrogens with zero attached hydrogens (tertiary/aromatic N) is 2. The van der Waals surface area contributed by atoms with Gasteiger partial charge in [-0.25, -0.2) is 9.48 Å². The molecule has 3 aromatic heterocycles. The molecule has 11 heteroatoms. The Bertz CT molecular complexity index is 1440. The number of hydrogen-bond acceptors (Lipinski definition) is 6. The molecule has 0 saturated carbocycles. The number of amides is 1. The van der Waals surface area contributed by atoms with Gasteiger partial charge in [-0.05, 0) is 79.9 Å². The SMILES string of the molecule is CCOC(=O)c1c(NC(=O)c2ccc(-n3nc(C(F)(F)F)cc3-c3cccs3)cc2)sc2c1CCCC2. The van der Waals surface area contributed by atoms with Gasteiger partial charge in [0.15, 0.2) is 5.69 Å². The zero-order valence-corrected chi connectivity index (χ0v) is 21.4. The van der Waals surface area contributed by atoms with Crippen LogP contribution in [0.2, 0.25) is 0 Å². The smallest absolute Gasteiger partial charge is 0.435 e. The summed E-state index contributed by atoms with van der Waals surface area (Å²) >= 11 is 2.70. The molecule has 0 radical (unpaired) electrons. The number of hydrogen-bond donors (Lipinski definition) is 1. The number of rotatable bonds is 6. The zero-order valence-electron chi connectivity index (χ0n) is 19.7. The van der Waals surface area contributed by atoms with Crippen LogP contribution < -0.4 is 5.32 Å². The Morgan fingerprint density at radius 2 is 1.89 bits per heavy atom. The molecular formula is C26H22F3N3O3S2. The molecule has 0 saturated heterocycles. The molecule has 1 amide bonds. The first-order valence-corrected chi connectivity index (χ1v) is 13.4. The van der Waals surface area contributed by atoms with Gasteiger partial charge in [0.05, 0.1) is 28.4 Å². The van der Waals surface area contributed by atoms with Crippen molar-refractivity contribution >= 4 is 39.6 Å². The fourth-order valence-electron chi connectivity index (χ4n) is 4.32. The van der Waals surface area contributed by atoms with E-state index in [2.05, 4.69) is 10.4 Å². The van der Waals surface area contributed by atoms with Gasteiger partial charge in [0.2, 0.25) is 0 Å². The van der Waals surface area contributed by atoms with E-state index in [1.807, 2.05) is 0 Å². The summed E-state index contributed by atoms with van der Waals surface area (Å²) in [6.45, 7) is 1.97. The summed E-state index contributed by atoms with van der Waals surface area (Å²) in [4.78, 5) is 27.5. The second-order valence-corrected chi connectivity index (χ2v) is 10.5. The van der Waals surface area contributed by atoms with Crippen molar-refractivity contribution < 1.29 is 27.5 Å². The molecule has 0 spiro atoms. The minimum atomic E-state index is -4.59. The number of thiophene rings is 2. The number of esters is 1. The standard InChI is InChI=1S/C26H22F3N3O3S2/c1-2-35-25(34)22-17-6-3-4-7-19(17)37-24(22)30-23(33)15-9-11-16(12-10-15)32-18(20-8-5-13-36-20)14-21(31-32)26(27,28)29/h5,8-14H,2-4,6-7H2,1H3,(H,30,33). The van der Waals surface area contributed by atoms with E-state index in [0.29, 0.717) is 32.4 Å². The van der Waals surface area contributed by atoms with Crippen molar-refractivity contribution in [1.82, 2.24) is 9.78 Å². The lowest BCUT2D eigenvalue weighted by Crippen LogP contribution is -2.16. The highest BCUT2D eigenvalue weighted by atomic mass is 32.1. The monoisotopic (exact) mass is 545 g/mol. The van der Waals surface area contributed by atoms with Gasteiger partial charge in [0.1, 0.15) is 5.00 Å². The molecule has 0 unspecified atom stereocenters. The summed E-state index contributed by atoms with van der Waals surface area (Å²) < 4.78 is 46.6. The van der Waals surface area contributed by atoms with Crippen LogP contribution in [0.25, 0.3) is 16.3 Å². The Labute approximate surface area is 218 Å². The number of aromatic nitrogens is 2. The molecule has 0 aliphatic heterocycles. The molecule has 1 aromatic carbocycles. The van der Waals surface area contributed by atoms with Crippen molar-refractivity contribution in [1.29, 1.82) is 0 Å². The number of benzene rings is 1. The first-order chi connectivity index (χ1) is 17.8. The number of fused-ring (bicyclic) bond motifs is 1. The Hall–Kier alpha value is -3.44. The fraction of sp³-hybridized carbons (Fsp3) is 0.269. The first-order valence-electron chi connectivity index (χ1n) is 11.7. The largest absolute Gasteiger partial charge is 0.462 e. The molecule has 37 heavy (non-hydrogen) atoms. The molecule has 3 heterocycles. The van der Waals surface area contributed by atoms with Gasteiger partial charge < -0.3 is 10.1 Å². The predicted molar refractivity (Wildman–Crippen MR) is 137 cm³/mol. The summed E-state index contributed by atoms with van der Waals surface area (Å²) in [7, 11) is 0. The van der Waals surface area contributed by atoms with Crippen molar-refractivity contribution in [2.24, 2.45) is 0 Å². The number of carbonyl (C=O) groups is 2. The molecule has 1 aliphatic carbocycles. The maximum Gasteiger partial charge on any atom is 0.435 e. The third kappa shape index (κ3) is 5.05. The van der Waals surface area contributed by atoms with E-state index in [4.69, 9.17) is 4.74 Å². The van der Waals surface area contributed by atoms with Crippen molar-refractivity contribution in [3.63, 3.8) is 0 Å². The summed E-state index contributed by atoms with van der Waals surface area (Å²) in [6, 6.07) is 10.6. The van der Waals surface area contributed by atoms with E-state index in [9.17, 15) is 22.8 Å². The molecule has 6 nitrogen and oxygen atoms in total. The lowest BCUT2D eigenvalue weighted by molar-refractivity contribution is -0.141. The summed E-state index contributed by atoms with van der Waals surface area (Å²) in [5.41, 5.74) is 1.36. The molecule has 1 N–H and O–H groups in total. The number of anilines is 1. The van der Waals surface area contributed by atoms with Gasteiger partial charge in [-0.1, -0.05) is 6.07 Å². The van der Waals surface area contributed by atoms with E-state index in [0.717, 1.165) is 42.2 Å². The summed E-state index contributed by atoms with van der Waals surface area (Å²) in [5, 5.41) is 8.87. The molecule has 0 fully saturated rings. The molecule has 0 bridgehead atoms.